The van der Waals surface area contributed by atoms with Gasteiger partial charge < -0.3 is 9.32 Å². The molecule has 0 bridgehead atoms. The Balaban J connectivity index is 1.09. The fourth-order valence-corrected chi connectivity index (χ4v) is 9.48. The van der Waals surface area contributed by atoms with Crippen LogP contribution in [0.25, 0.3) is 98.8 Å². The third kappa shape index (κ3) is 6.04. The first-order valence-corrected chi connectivity index (χ1v) is 21.2. The average Bonchev–Trinajstić information content (AvgIpc) is 3.75. The van der Waals surface area contributed by atoms with Crippen LogP contribution >= 0.6 is 0 Å². The van der Waals surface area contributed by atoms with Crippen LogP contribution in [0.1, 0.15) is 0 Å². The van der Waals surface area contributed by atoms with E-state index in [2.05, 4.69) is 241 Å². The molecule has 0 aliphatic carbocycles. The molecule has 0 saturated heterocycles. The maximum atomic E-state index is 6.92. The second-order valence-electron chi connectivity index (χ2n) is 16.0. The number of furan rings is 1. The molecule has 0 saturated carbocycles. The summed E-state index contributed by atoms with van der Waals surface area (Å²) < 4.78 is 6.92. The van der Waals surface area contributed by atoms with Crippen LogP contribution in [0, 0.1) is 0 Å². The summed E-state index contributed by atoms with van der Waals surface area (Å²) in [6, 6.07) is 85.4. The maximum Gasteiger partial charge on any atom is 0.145 e. The number of hydrogen-bond acceptors (Lipinski definition) is 2. The normalized spacial score (nSPS) is 11.5. The Morgan fingerprint density at radius 3 is 1.77 bits per heavy atom. The van der Waals surface area contributed by atoms with Crippen LogP contribution in [0.2, 0.25) is 0 Å². The average molecular weight is 790 g/mol. The van der Waals surface area contributed by atoms with Crippen LogP contribution in [0.15, 0.2) is 241 Å². The topological polar surface area (TPSA) is 16.4 Å². The van der Waals surface area contributed by atoms with E-state index in [0.717, 1.165) is 61.3 Å². The number of rotatable bonds is 7. The molecule has 0 N–H and O–H groups in total. The second kappa shape index (κ2) is 14.8. The van der Waals surface area contributed by atoms with Gasteiger partial charge in [-0.3, -0.25) is 0 Å². The molecule has 290 valence electrons. The highest BCUT2D eigenvalue weighted by atomic mass is 16.3. The maximum absolute atomic E-state index is 6.92. The minimum atomic E-state index is 0.860. The van der Waals surface area contributed by atoms with Crippen molar-refractivity contribution in [3.8, 4) is 44.5 Å². The largest absolute Gasteiger partial charge is 0.455 e. The summed E-state index contributed by atoms with van der Waals surface area (Å²) in [4.78, 5) is 2.43. The van der Waals surface area contributed by atoms with Crippen molar-refractivity contribution < 1.29 is 4.42 Å². The first-order valence-electron chi connectivity index (χ1n) is 21.2. The van der Waals surface area contributed by atoms with Gasteiger partial charge in [-0.05, 0) is 120 Å². The molecule has 0 aliphatic heterocycles. The molecule has 2 heteroatoms. The van der Waals surface area contributed by atoms with Crippen molar-refractivity contribution in [3.63, 3.8) is 0 Å². The molecule has 11 aromatic carbocycles. The van der Waals surface area contributed by atoms with Gasteiger partial charge in [-0.25, -0.2) is 0 Å². The molecule has 0 amide bonds. The Labute approximate surface area is 360 Å². The first-order chi connectivity index (χ1) is 30.7. The van der Waals surface area contributed by atoms with Crippen LogP contribution in [-0.2, 0) is 0 Å². The van der Waals surface area contributed by atoms with Gasteiger partial charge in [0, 0.05) is 22.2 Å². The van der Waals surface area contributed by atoms with E-state index in [0.29, 0.717) is 0 Å². The number of hydrogen-bond donors (Lipinski definition) is 0. The van der Waals surface area contributed by atoms with E-state index in [4.69, 9.17) is 4.42 Å². The van der Waals surface area contributed by atoms with Gasteiger partial charge in [-0.1, -0.05) is 182 Å². The standard InChI is InChI=1S/C60H39NO/c1-2-15-40(16-3-1)44-20-14-21-45(37-44)50-23-10-12-27-56(50)61(48-33-31-42(32-34-48)55-39-46-19-6-7-22-49(46)52-24-8-9-25-53(52)55)57-36-35-51(47-30-29-41-17-4-5-18-43(41)38-47)60-59(57)54-26-11-13-28-58(54)62-60/h1-39H. The zero-order chi connectivity index (χ0) is 41.0. The quantitative estimate of drug-likeness (QED) is 0.150. The smallest absolute Gasteiger partial charge is 0.145 e. The van der Waals surface area contributed by atoms with E-state index in [-0.39, 0.29) is 0 Å². The SMILES string of the molecule is c1ccc(-c2cccc(-c3ccccc3N(c3ccc(-c4cc5ccccc5c5ccccc45)cc3)c3ccc(-c4ccc5ccccc5c4)c4oc5ccccc5c34)c2)cc1. The number of benzene rings is 11. The van der Waals surface area contributed by atoms with Crippen LogP contribution in [-0.4, -0.2) is 0 Å². The minimum absolute atomic E-state index is 0.860. The fraction of sp³-hybridized carbons (Fsp3) is 0. The van der Waals surface area contributed by atoms with Crippen LogP contribution in [0.5, 0.6) is 0 Å². The van der Waals surface area contributed by atoms with E-state index < -0.39 is 0 Å². The van der Waals surface area contributed by atoms with Gasteiger partial charge in [0.15, 0.2) is 0 Å². The van der Waals surface area contributed by atoms with E-state index in [1.165, 1.54) is 54.6 Å². The first kappa shape index (κ1) is 35.7. The Kier molecular flexibility index (Phi) is 8.53. The van der Waals surface area contributed by atoms with E-state index in [9.17, 15) is 0 Å². The lowest BCUT2D eigenvalue weighted by molar-refractivity contribution is 0.670. The predicted molar refractivity (Wildman–Crippen MR) is 263 cm³/mol. The Hall–Kier alpha value is -8.20. The number of para-hydroxylation sites is 2. The lowest BCUT2D eigenvalue weighted by Crippen LogP contribution is -2.11. The summed E-state index contributed by atoms with van der Waals surface area (Å²) in [6.07, 6.45) is 0. The molecule has 62 heavy (non-hydrogen) atoms. The van der Waals surface area contributed by atoms with Gasteiger partial charge in [-0.15, -0.1) is 0 Å². The number of nitrogens with zero attached hydrogens (tertiary/aromatic N) is 1. The molecule has 2 nitrogen and oxygen atoms in total. The molecule has 12 aromatic rings. The highest BCUT2D eigenvalue weighted by Crippen LogP contribution is 2.49. The van der Waals surface area contributed by atoms with Crippen molar-refractivity contribution in [2.24, 2.45) is 0 Å². The van der Waals surface area contributed by atoms with Crippen LogP contribution in [0.3, 0.4) is 0 Å². The molecule has 0 radical (unpaired) electrons. The summed E-state index contributed by atoms with van der Waals surface area (Å²) >= 11 is 0. The summed E-state index contributed by atoms with van der Waals surface area (Å²) in [5.41, 5.74) is 14.1. The number of anilines is 3. The van der Waals surface area contributed by atoms with Gasteiger partial charge in [0.2, 0.25) is 0 Å². The molecule has 0 atom stereocenters. The highest BCUT2D eigenvalue weighted by molar-refractivity contribution is 6.18. The summed E-state index contributed by atoms with van der Waals surface area (Å²) in [7, 11) is 0. The number of fused-ring (bicyclic) bond motifs is 7. The van der Waals surface area contributed by atoms with E-state index in [1.54, 1.807) is 0 Å². The van der Waals surface area contributed by atoms with Gasteiger partial charge in [0.1, 0.15) is 11.2 Å². The molecular weight excluding hydrogens is 751 g/mol. The van der Waals surface area contributed by atoms with Crippen molar-refractivity contribution in [1.82, 2.24) is 0 Å². The second-order valence-corrected chi connectivity index (χ2v) is 16.0. The lowest BCUT2D eigenvalue weighted by Gasteiger charge is -2.29. The van der Waals surface area contributed by atoms with Crippen LogP contribution < -0.4 is 4.90 Å². The van der Waals surface area contributed by atoms with Crippen molar-refractivity contribution in [3.05, 3.63) is 237 Å². The Morgan fingerprint density at radius 1 is 0.290 bits per heavy atom. The van der Waals surface area contributed by atoms with E-state index >= 15 is 0 Å². The molecule has 1 heterocycles. The summed E-state index contributed by atoms with van der Waals surface area (Å²) in [5.74, 6) is 0. The van der Waals surface area contributed by atoms with Gasteiger partial charge in [0.05, 0.1) is 16.8 Å². The molecule has 12 rings (SSSR count). The van der Waals surface area contributed by atoms with Crippen molar-refractivity contribution in [1.29, 1.82) is 0 Å². The van der Waals surface area contributed by atoms with Crippen LogP contribution in [0.4, 0.5) is 17.1 Å². The van der Waals surface area contributed by atoms with Gasteiger partial charge in [0.25, 0.3) is 0 Å². The predicted octanol–water partition coefficient (Wildman–Crippen LogP) is 17.2. The molecule has 0 unspecified atom stereocenters. The summed E-state index contributed by atoms with van der Waals surface area (Å²) in [6.45, 7) is 0. The summed E-state index contributed by atoms with van der Waals surface area (Å²) in [5, 5.41) is 9.58. The van der Waals surface area contributed by atoms with Gasteiger partial charge in [-0.2, -0.15) is 0 Å². The van der Waals surface area contributed by atoms with E-state index in [1.807, 2.05) is 0 Å². The lowest BCUT2D eigenvalue weighted by atomic mass is 9.93. The van der Waals surface area contributed by atoms with Gasteiger partial charge >= 0.3 is 0 Å². The third-order valence-corrected chi connectivity index (χ3v) is 12.4. The zero-order valence-corrected chi connectivity index (χ0v) is 33.9. The molecule has 0 fully saturated rings. The zero-order valence-electron chi connectivity index (χ0n) is 33.9. The fourth-order valence-electron chi connectivity index (χ4n) is 9.48. The Morgan fingerprint density at radius 2 is 0.919 bits per heavy atom. The minimum Gasteiger partial charge on any atom is -0.455 e. The van der Waals surface area contributed by atoms with Crippen molar-refractivity contribution in [2.75, 3.05) is 4.90 Å². The monoisotopic (exact) mass is 789 g/mol. The van der Waals surface area contributed by atoms with Crippen molar-refractivity contribution >= 4 is 71.3 Å². The molecule has 0 aliphatic rings. The molecule has 1 aromatic heterocycles. The highest BCUT2D eigenvalue weighted by Gasteiger charge is 2.24. The molecular formula is C60H39NO. The van der Waals surface area contributed by atoms with Crippen molar-refractivity contribution in [2.45, 2.75) is 0 Å². The Bertz CT molecular complexity index is 3640. The third-order valence-electron chi connectivity index (χ3n) is 12.4. The molecule has 0 spiro atoms.